The third-order valence-electron chi connectivity index (χ3n) is 2.34. The Balaban J connectivity index is 1.81. The molecule has 5 heteroatoms. The first-order valence-corrected chi connectivity index (χ1v) is 6.49. The quantitative estimate of drug-likeness (QED) is 0.892. The van der Waals surface area contributed by atoms with Gasteiger partial charge in [-0.2, -0.15) is 0 Å². The predicted octanol–water partition coefficient (Wildman–Crippen LogP) is 2.07. The summed E-state index contributed by atoms with van der Waals surface area (Å²) in [4.78, 5) is 12.2. The van der Waals surface area contributed by atoms with Crippen LogP contribution in [0.5, 0.6) is 0 Å². The summed E-state index contributed by atoms with van der Waals surface area (Å²) in [6.07, 6.45) is 1.39. The minimum absolute atomic E-state index is 0.0738. The number of thiophene rings is 1. The second-order valence-electron chi connectivity index (χ2n) is 3.68. The van der Waals surface area contributed by atoms with E-state index in [9.17, 15) is 9.90 Å². The second-order valence-corrected chi connectivity index (χ2v) is 6.17. The smallest absolute Gasteiger partial charge is 0.223 e. The number of aliphatic hydroxyl groups is 1. The maximum atomic E-state index is 11.3. The number of hydrogen-bond acceptors (Lipinski definition) is 3. The molecule has 1 heterocycles. The highest BCUT2D eigenvalue weighted by atomic mass is 79.9. The Hall–Kier alpha value is -0.390. The Bertz CT molecular complexity index is 362. The molecule has 0 spiro atoms. The van der Waals surface area contributed by atoms with Crippen LogP contribution in [0.3, 0.4) is 0 Å². The molecule has 2 N–H and O–H groups in total. The number of amides is 1. The van der Waals surface area contributed by atoms with Crippen LogP contribution in [-0.2, 0) is 4.79 Å². The number of hydrogen-bond donors (Lipinski definition) is 2. The maximum absolute atomic E-state index is 11.3. The number of halogens is 1. The van der Waals surface area contributed by atoms with Gasteiger partial charge < -0.3 is 10.4 Å². The lowest BCUT2D eigenvalue weighted by molar-refractivity contribution is -0.122. The zero-order chi connectivity index (χ0) is 10.8. The third kappa shape index (κ3) is 3.03. The molecular formula is C10H12BrNO2S. The van der Waals surface area contributed by atoms with Crippen molar-refractivity contribution in [3.05, 3.63) is 20.8 Å². The monoisotopic (exact) mass is 289 g/mol. The van der Waals surface area contributed by atoms with Crippen molar-refractivity contribution in [2.75, 3.05) is 6.54 Å². The van der Waals surface area contributed by atoms with Crippen LogP contribution in [0, 0.1) is 5.92 Å². The Labute approximate surface area is 101 Å². The summed E-state index contributed by atoms with van der Waals surface area (Å²) in [7, 11) is 0. The fourth-order valence-corrected chi connectivity index (χ4v) is 2.70. The molecule has 1 amide bonds. The molecule has 15 heavy (non-hydrogen) atoms. The van der Waals surface area contributed by atoms with Gasteiger partial charge in [-0.3, -0.25) is 4.79 Å². The average molecular weight is 290 g/mol. The first kappa shape index (κ1) is 11.1. The van der Waals surface area contributed by atoms with Crippen LogP contribution in [0.25, 0.3) is 0 Å². The van der Waals surface area contributed by atoms with E-state index in [-0.39, 0.29) is 11.8 Å². The molecule has 2 rings (SSSR count). The molecular weight excluding hydrogens is 278 g/mol. The van der Waals surface area contributed by atoms with E-state index in [1.807, 2.05) is 12.1 Å². The molecule has 1 aromatic rings. The third-order valence-corrected chi connectivity index (χ3v) is 4.07. The first-order valence-electron chi connectivity index (χ1n) is 4.88. The van der Waals surface area contributed by atoms with Crippen molar-refractivity contribution in [1.29, 1.82) is 0 Å². The zero-order valence-electron chi connectivity index (χ0n) is 8.07. The predicted molar refractivity (Wildman–Crippen MR) is 62.7 cm³/mol. The van der Waals surface area contributed by atoms with Gasteiger partial charge in [0.2, 0.25) is 5.91 Å². The highest BCUT2D eigenvalue weighted by Gasteiger charge is 2.29. The molecule has 1 saturated carbocycles. The Morgan fingerprint density at radius 1 is 1.67 bits per heavy atom. The highest BCUT2D eigenvalue weighted by Crippen LogP contribution is 2.29. The summed E-state index contributed by atoms with van der Waals surface area (Å²) in [5.74, 6) is 0.275. The van der Waals surface area contributed by atoms with Gasteiger partial charge >= 0.3 is 0 Å². The normalized spacial score (nSPS) is 17.5. The molecule has 1 atom stereocenters. The summed E-state index contributed by atoms with van der Waals surface area (Å²) in [6.45, 7) is 0.308. The number of aliphatic hydroxyl groups excluding tert-OH is 1. The number of rotatable bonds is 4. The summed E-state index contributed by atoms with van der Waals surface area (Å²) in [5.41, 5.74) is 0. The van der Waals surface area contributed by atoms with Gasteiger partial charge in [0.15, 0.2) is 0 Å². The summed E-state index contributed by atoms with van der Waals surface area (Å²) >= 11 is 4.82. The molecule has 1 aromatic heterocycles. The first-order chi connectivity index (χ1) is 7.16. The van der Waals surface area contributed by atoms with Gasteiger partial charge in [-0.05, 0) is 40.9 Å². The molecule has 1 fully saturated rings. The van der Waals surface area contributed by atoms with E-state index in [4.69, 9.17) is 0 Å². The van der Waals surface area contributed by atoms with E-state index in [2.05, 4.69) is 21.2 Å². The van der Waals surface area contributed by atoms with Crippen LogP contribution in [0.4, 0.5) is 0 Å². The van der Waals surface area contributed by atoms with Crippen molar-refractivity contribution in [2.45, 2.75) is 18.9 Å². The van der Waals surface area contributed by atoms with Crippen molar-refractivity contribution in [3.8, 4) is 0 Å². The molecule has 1 aliphatic carbocycles. The van der Waals surface area contributed by atoms with Gasteiger partial charge in [0.1, 0.15) is 6.10 Å². The van der Waals surface area contributed by atoms with Crippen LogP contribution in [0.1, 0.15) is 23.8 Å². The summed E-state index contributed by atoms with van der Waals surface area (Å²) in [5, 5.41) is 12.5. The van der Waals surface area contributed by atoms with Gasteiger partial charge in [0, 0.05) is 17.3 Å². The van der Waals surface area contributed by atoms with Crippen LogP contribution < -0.4 is 5.32 Å². The lowest BCUT2D eigenvalue weighted by Gasteiger charge is -2.09. The Morgan fingerprint density at radius 2 is 2.40 bits per heavy atom. The summed E-state index contributed by atoms with van der Waals surface area (Å²) < 4.78 is 0.991. The standard InChI is InChI=1S/C10H12BrNO2S/c11-9-4-3-8(15-9)7(13)5-12-10(14)6-1-2-6/h3-4,6-7,13H,1-2,5H2,(H,12,14). The van der Waals surface area contributed by atoms with Crippen molar-refractivity contribution in [2.24, 2.45) is 5.92 Å². The molecule has 0 bridgehead atoms. The van der Waals surface area contributed by atoms with Crippen LogP contribution in [0.2, 0.25) is 0 Å². The minimum Gasteiger partial charge on any atom is -0.386 e. The van der Waals surface area contributed by atoms with E-state index < -0.39 is 6.10 Å². The van der Waals surface area contributed by atoms with Crippen molar-refractivity contribution < 1.29 is 9.90 Å². The van der Waals surface area contributed by atoms with E-state index in [1.165, 1.54) is 11.3 Å². The van der Waals surface area contributed by atoms with Gasteiger partial charge in [-0.25, -0.2) is 0 Å². The number of carbonyl (C=O) groups is 1. The lowest BCUT2D eigenvalue weighted by Crippen LogP contribution is -2.29. The van der Waals surface area contributed by atoms with Crippen molar-refractivity contribution >= 4 is 33.2 Å². The molecule has 0 radical (unpaired) electrons. The number of carbonyl (C=O) groups excluding carboxylic acids is 1. The topological polar surface area (TPSA) is 49.3 Å². The van der Waals surface area contributed by atoms with Crippen molar-refractivity contribution in [3.63, 3.8) is 0 Å². The second kappa shape index (κ2) is 4.63. The Morgan fingerprint density at radius 3 is 2.93 bits per heavy atom. The zero-order valence-corrected chi connectivity index (χ0v) is 10.5. The molecule has 0 aliphatic heterocycles. The minimum atomic E-state index is -0.594. The molecule has 0 saturated heterocycles. The fraction of sp³-hybridized carbons (Fsp3) is 0.500. The lowest BCUT2D eigenvalue weighted by atomic mass is 10.3. The fourth-order valence-electron chi connectivity index (χ4n) is 1.30. The van der Waals surface area contributed by atoms with Gasteiger partial charge in [-0.1, -0.05) is 0 Å². The molecule has 82 valence electrons. The maximum Gasteiger partial charge on any atom is 0.223 e. The van der Waals surface area contributed by atoms with Crippen LogP contribution >= 0.6 is 27.3 Å². The van der Waals surface area contributed by atoms with Crippen molar-refractivity contribution in [1.82, 2.24) is 5.32 Å². The number of nitrogens with one attached hydrogen (secondary N) is 1. The Kier molecular flexibility index (Phi) is 3.43. The molecule has 1 aliphatic rings. The van der Waals surface area contributed by atoms with Crippen LogP contribution in [0.15, 0.2) is 15.9 Å². The average Bonchev–Trinajstić information content (AvgIpc) is 2.97. The van der Waals surface area contributed by atoms with Gasteiger partial charge in [0.25, 0.3) is 0 Å². The molecule has 1 unspecified atom stereocenters. The van der Waals surface area contributed by atoms with E-state index in [0.29, 0.717) is 6.54 Å². The van der Waals surface area contributed by atoms with Gasteiger partial charge in [-0.15, -0.1) is 11.3 Å². The SMILES string of the molecule is O=C(NCC(O)c1ccc(Br)s1)C1CC1. The van der Waals surface area contributed by atoms with E-state index in [0.717, 1.165) is 21.5 Å². The largest absolute Gasteiger partial charge is 0.386 e. The van der Waals surface area contributed by atoms with Crippen LogP contribution in [-0.4, -0.2) is 17.6 Å². The molecule has 0 aromatic carbocycles. The molecule has 3 nitrogen and oxygen atoms in total. The highest BCUT2D eigenvalue weighted by molar-refractivity contribution is 9.11. The summed E-state index contributed by atoms with van der Waals surface area (Å²) in [6, 6.07) is 3.76. The van der Waals surface area contributed by atoms with E-state index in [1.54, 1.807) is 0 Å². The van der Waals surface area contributed by atoms with E-state index >= 15 is 0 Å². The van der Waals surface area contributed by atoms with Gasteiger partial charge in [0.05, 0.1) is 3.79 Å².